The van der Waals surface area contributed by atoms with Gasteiger partial charge in [-0.05, 0) is 32.8 Å². The predicted octanol–water partition coefficient (Wildman–Crippen LogP) is 3.51. The highest BCUT2D eigenvalue weighted by molar-refractivity contribution is 5.87. The molecule has 0 aliphatic heterocycles. The highest BCUT2D eigenvalue weighted by Gasteiger charge is 2.35. The third kappa shape index (κ3) is 3.63. The van der Waals surface area contributed by atoms with Crippen molar-refractivity contribution in [2.75, 3.05) is 11.9 Å². The van der Waals surface area contributed by atoms with E-state index in [2.05, 4.69) is 25.5 Å². The van der Waals surface area contributed by atoms with Gasteiger partial charge in [0, 0.05) is 13.1 Å². The SMILES string of the molecule is Cc1cc(C(F)(F)F)n(CC(C)CNc2nc(C)nc3onc(C)c23)n1. The molecule has 7 nitrogen and oxygen atoms in total. The average Bonchev–Trinajstić information content (AvgIpc) is 3.07. The summed E-state index contributed by atoms with van der Waals surface area (Å²) < 4.78 is 45.4. The maximum Gasteiger partial charge on any atom is 0.433 e. The summed E-state index contributed by atoms with van der Waals surface area (Å²) in [6.07, 6.45) is -4.43. The van der Waals surface area contributed by atoms with E-state index in [4.69, 9.17) is 4.52 Å². The van der Waals surface area contributed by atoms with E-state index in [1.165, 1.54) is 0 Å². The highest BCUT2D eigenvalue weighted by atomic mass is 19.4. The monoisotopic (exact) mass is 368 g/mol. The van der Waals surface area contributed by atoms with Crippen LogP contribution in [0, 0.1) is 26.7 Å². The van der Waals surface area contributed by atoms with Crippen LogP contribution in [-0.2, 0) is 12.7 Å². The van der Waals surface area contributed by atoms with Gasteiger partial charge in [-0.2, -0.15) is 23.3 Å². The molecular formula is C16H19F3N6O. The van der Waals surface area contributed by atoms with Gasteiger partial charge < -0.3 is 9.84 Å². The molecule has 0 aliphatic carbocycles. The Morgan fingerprint density at radius 2 is 1.96 bits per heavy atom. The Bertz CT molecular complexity index is 930. The Hall–Kier alpha value is -2.65. The summed E-state index contributed by atoms with van der Waals surface area (Å²) in [5.41, 5.74) is 0.632. The molecule has 0 bridgehead atoms. The van der Waals surface area contributed by atoms with E-state index in [9.17, 15) is 13.2 Å². The molecule has 3 aromatic rings. The van der Waals surface area contributed by atoms with Gasteiger partial charge in [0.1, 0.15) is 22.7 Å². The van der Waals surface area contributed by atoms with Crippen molar-refractivity contribution >= 4 is 16.9 Å². The summed E-state index contributed by atoms with van der Waals surface area (Å²) in [4.78, 5) is 8.52. The second kappa shape index (κ2) is 6.58. The standard InChI is InChI=1S/C16H19F3N6O/c1-8(7-25-12(16(17,18)19)5-9(2)23-25)6-20-14-13-10(3)24-26-15(13)22-11(4)21-14/h5,8H,6-7H2,1-4H3,(H,20,21,22). The minimum atomic E-state index is -4.43. The van der Waals surface area contributed by atoms with Crippen LogP contribution in [0.15, 0.2) is 10.6 Å². The highest BCUT2D eigenvalue weighted by Crippen LogP contribution is 2.30. The van der Waals surface area contributed by atoms with E-state index in [-0.39, 0.29) is 12.5 Å². The number of anilines is 1. The number of hydrogen-bond donors (Lipinski definition) is 1. The molecule has 10 heteroatoms. The van der Waals surface area contributed by atoms with Gasteiger partial charge in [0.2, 0.25) is 0 Å². The van der Waals surface area contributed by atoms with Crippen LogP contribution in [0.3, 0.4) is 0 Å². The second-order valence-corrected chi connectivity index (χ2v) is 6.40. The molecule has 1 unspecified atom stereocenters. The van der Waals surface area contributed by atoms with Crippen LogP contribution in [0.4, 0.5) is 19.0 Å². The molecule has 1 N–H and O–H groups in total. The number of nitrogens with one attached hydrogen (secondary N) is 1. The van der Waals surface area contributed by atoms with Gasteiger partial charge in [0.25, 0.3) is 5.71 Å². The zero-order valence-electron chi connectivity index (χ0n) is 14.8. The van der Waals surface area contributed by atoms with Crippen LogP contribution in [0.2, 0.25) is 0 Å². The van der Waals surface area contributed by atoms with Crippen molar-refractivity contribution in [1.29, 1.82) is 0 Å². The lowest BCUT2D eigenvalue weighted by Gasteiger charge is -2.16. The predicted molar refractivity (Wildman–Crippen MR) is 88.7 cm³/mol. The lowest BCUT2D eigenvalue weighted by Crippen LogP contribution is -2.22. The summed E-state index contributed by atoms with van der Waals surface area (Å²) in [6, 6.07) is 1.05. The third-order valence-corrected chi connectivity index (χ3v) is 3.91. The lowest BCUT2D eigenvalue weighted by atomic mass is 10.1. The van der Waals surface area contributed by atoms with Crippen LogP contribution in [0.5, 0.6) is 0 Å². The molecule has 0 amide bonds. The fourth-order valence-electron chi connectivity index (χ4n) is 2.77. The molecule has 0 saturated carbocycles. The molecular weight excluding hydrogens is 349 g/mol. The molecule has 1 atom stereocenters. The molecule has 140 valence electrons. The fourth-order valence-corrected chi connectivity index (χ4v) is 2.77. The molecule has 26 heavy (non-hydrogen) atoms. The van der Waals surface area contributed by atoms with Gasteiger partial charge in [-0.15, -0.1) is 0 Å². The summed E-state index contributed by atoms with van der Waals surface area (Å²) in [5, 5.41) is 11.7. The Morgan fingerprint density at radius 1 is 1.23 bits per heavy atom. The molecule has 3 rings (SSSR count). The third-order valence-electron chi connectivity index (χ3n) is 3.91. The summed E-state index contributed by atoms with van der Waals surface area (Å²) >= 11 is 0. The smallest absolute Gasteiger partial charge is 0.369 e. The van der Waals surface area contributed by atoms with Crippen LogP contribution in [0.25, 0.3) is 11.1 Å². The zero-order valence-corrected chi connectivity index (χ0v) is 14.8. The topological polar surface area (TPSA) is 81.7 Å². The summed E-state index contributed by atoms with van der Waals surface area (Å²) in [5.74, 6) is 0.956. The van der Waals surface area contributed by atoms with Gasteiger partial charge in [0.15, 0.2) is 0 Å². The van der Waals surface area contributed by atoms with E-state index in [1.54, 1.807) is 20.8 Å². The number of fused-ring (bicyclic) bond motifs is 1. The molecule has 0 radical (unpaired) electrons. The van der Waals surface area contributed by atoms with Gasteiger partial charge >= 0.3 is 6.18 Å². The molecule has 0 aliphatic rings. The number of halogens is 3. The zero-order chi connectivity index (χ0) is 19.1. The normalized spacial score (nSPS) is 13.3. The first-order valence-electron chi connectivity index (χ1n) is 8.11. The Morgan fingerprint density at radius 3 is 2.65 bits per heavy atom. The average molecular weight is 368 g/mol. The second-order valence-electron chi connectivity index (χ2n) is 6.40. The number of nitrogens with zero attached hydrogens (tertiary/aromatic N) is 5. The fraction of sp³-hybridized carbons (Fsp3) is 0.500. The van der Waals surface area contributed by atoms with Crippen molar-refractivity contribution in [3.8, 4) is 0 Å². The summed E-state index contributed by atoms with van der Waals surface area (Å²) in [7, 11) is 0. The Kier molecular flexibility index (Phi) is 4.59. The van der Waals surface area contributed by atoms with Crippen molar-refractivity contribution in [1.82, 2.24) is 24.9 Å². The maximum atomic E-state index is 13.1. The van der Waals surface area contributed by atoms with E-state index < -0.39 is 11.9 Å². The van der Waals surface area contributed by atoms with Crippen molar-refractivity contribution in [3.63, 3.8) is 0 Å². The lowest BCUT2D eigenvalue weighted by molar-refractivity contribution is -0.144. The molecule has 0 aromatic carbocycles. The number of rotatable bonds is 5. The van der Waals surface area contributed by atoms with Crippen LogP contribution >= 0.6 is 0 Å². The van der Waals surface area contributed by atoms with Gasteiger partial charge in [-0.1, -0.05) is 12.1 Å². The molecule has 0 saturated heterocycles. The van der Waals surface area contributed by atoms with Gasteiger partial charge in [-0.3, -0.25) is 4.68 Å². The van der Waals surface area contributed by atoms with E-state index in [0.717, 1.165) is 10.7 Å². The number of alkyl halides is 3. The number of hydrogen-bond acceptors (Lipinski definition) is 6. The van der Waals surface area contributed by atoms with Crippen molar-refractivity contribution < 1.29 is 17.7 Å². The Balaban J connectivity index is 1.75. The summed E-state index contributed by atoms with van der Waals surface area (Å²) in [6.45, 7) is 7.44. The van der Waals surface area contributed by atoms with Crippen molar-refractivity contribution in [3.05, 3.63) is 29.0 Å². The minimum absolute atomic E-state index is 0.124. The largest absolute Gasteiger partial charge is 0.433 e. The van der Waals surface area contributed by atoms with Crippen LogP contribution in [0.1, 0.15) is 29.8 Å². The van der Waals surface area contributed by atoms with E-state index in [1.807, 2.05) is 6.92 Å². The minimum Gasteiger partial charge on any atom is -0.369 e. The van der Waals surface area contributed by atoms with Crippen LogP contribution < -0.4 is 5.32 Å². The quantitative estimate of drug-likeness (QED) is 0.742. The molecule has 0 fully saturated rings. The number of aromatic nitrogens is 5. The van der Waals surface area contributed by atoms with Gasteiger partial charge in [0.05, 0.1) is 11.4 Å². The van der Waals surface area contributed by atoms with Gasteiger partial charge in [-0.25, -0.2) is 4.98 Å². The first-order valence-corrected chi connectivity index (χ1v) is 8.11. The maximum absolute atomic E-state index is 13.1. The first kappa shape index (κ1) is 18.2. The van der Waals surface area contributed by atoms with Crippen LogP contribution in [-0.4, -0.2) is 31.4 Å². The van der Waals surface area contributed by atoms with Crippen molar-refractivity contribution in [2.24, 2.45) is 5.92 Å². The first-order chi connectivity index (χ1) is 12.1. The number of aryl methyl sites for hydroxylation is 3. The molecule has 3 aromatic heterocycles. The Labute approximate surface area is 147 Å². The molecule has 0 spiro atoms. The van der Waals surface area contributed by atoms with Crippen molar-refractivity contribution in [2.45, 2.75) is 40.4 Å². The van der Waals surface area contributed by atoms with E-state index in [0.29, 0.717) is 40.7 Å². The van der Waals surface area contributed by atoms with E-state index >= 15 is 0 Å². The molecule has 3 heterocycles.